The van der Waals surface area contributed by atoms with E-state index in [-0.39, 0.29) is 17.4 Å². The molecule has 2 rings (SSSR count). The molecule has 0 fully saturated rings. The Morgan fingerprint density at radius 3 is 2.68 bits per heavy atom. The molecule has 1 amide bonds. The quantitative estimate of drug-likeness (QED) is 0.854. The molecule has 1 N–H and O–H groups in total. The van der Waals surface area contributed by atoms with Crippen LogP contribution in [0.1, 0.15) is 17.3 Å². The maximum absolute atomic E-state index is 12.9. The van der Waals surface area contributed by atoms with Crippen molar-refractivity contribution in [2.75, 3.05) is 11.9 Å². The average Bonchev–Trinajstić information content (AvgIpc) is 2.48. The van der Waals surface area contributed by atoms with Crippen molar-refractivity contribution in [1.82, 2.24) is 0 Å². The summed E-state index contributed by atoms with van der Waals surface area (Å²) in [6, 6.07) is 10.2. The third-order valence-electron chi connectivity index (χ3n) is 2.82. The van der Waals surface area contributed by atoms with Crippen LogP contribution in [0.3, 0.4) is 0 Å². The fourth-order valence-electron chi connectivity index (χ4n) is 1.73. The number of hydrogen-bond donors (Lipinski definition) is 1. The number of hydrogen-bond acceptors (Lipinski definition) is 3. The maximum Gasteiger partial charge on any atom is 0.262 e. The monoisotopic (exact) mass is 321 g/mol. The Morgan fingerprint density at radius 2 is 2.00 bits per heavy atom. The molecule has 0 unspecified atom stereocenters. The van der Waals surface area contributed by atoms with E-state index < -0.39 is 11.7 Å². The van der Waals surface area contributed by atoms with Crippen molar-refractivity contribution in [3.63, 3.8) is 0 Å². The minimum atomic E-state index is -0.486. The van der Waals surface area contributed by atoms with Gasteiger partial charge in [0.05, 0.1) is 10.7 Å². The Kier molecular flexibility index (Phi) is 5.12. The molecule has 0 aliphatic rings. The summed E-state index contributed by atoms with van der Waals surface area (Å²) in [6.45, 7) is 1.19. The summed E-state index contributed by atoms with van der Waals surface area (Å²) in [7, 11) is 0. The first-order chi connectivity index (χ1) is 10.5. The van der Waals surface area contributed by atoms with E-state index in [0.717, 1.165) is 6.07 Å². The van der Waals surface area contributed by atoms with Crippen LogP contribution in [0.2, 0.25) is 5.02 Å². The minimum Gasteiger partial charge on any atom is -0.484 e. The first kappa shape index (κ1) is 16.0. The Bertz CT molecular complexity index is 718. The van der Waals surface area contributed by atoms with Crippen LogP contribution >= 0.6 is 11.6 Å². The number of carbonyl (C=O) groups is 2. The van der Waals surface area contributed by atoms with Crippen LogP contribution in [0.4, 0.5) is 10.1 Å². The van der Waals surface area contributed by atoms with Crippen molar-refractivity contribution in [2.45, 2.75) is 6.92 Å². The number of nitrogens with one attached hydrogen (secondary N) is 1. The lowest BCUT2D eigenvalue weighted by atomic mass is 10.1. The van der Waals surface area contributed by atoms with E-state index in [1.165, 1.54) is 19.1 Å². The molecule has 4 nitrogen and oxygen atoms in total. The second kappa shape index (κ2) is 7.04. The van der Waals surface area contributed by atoms with Crippen molar-refractivity contribution >= 4 is 29.0 Å². The van der Waals surface area contributed by atoms with E-state index in [4.69, 9.17) is 16.3 Å². The Morgan fingerprint density at radius 1 is 1.23 bits per heavy atom. The van der Waals surface area contributed by atoms with Gasteiger partial charge < -0.3 is 10.1 Å². The Hall–Kier alpha value is -2.40. The van der Waals surface area contributed by atoms with Gasteiger partial charge in [0, 0.05) is 5.56 Å². The molecule has 0 bridgehead atoms. The Labute approximate surface area is 131 Å². The lowest BCUT2D eigenvalue weighted by molar-refractivity contribution is -0.118. The number of ether oxygens (including phenoxy) is 1. The van der Waals surface area contributed by atoms with Crippen molar-refractivity contribution in [3.05, 3.63) is 58.9 Å². The highest BCUT2D eigenvalue weighted by molar-refractivity contribution is 6.33. The molecule has 0 radical (unpaired) electrons. The minimum absolute atomic E-state index is 0.0898. The standard InChI is InChI=1S/C16H13ClFNO3/c1-10(20)11-3-2-4-13(7-11)22-9-16(21)19-15-6-5-12(18)8-14(15)17/h2-8H,9H2,1H3,(H,19,21). The van der Waals surface area contributed by atoms with Crippen molar-refractivity contribution in [1.29, 1.82) is 0 Å². The molecule has 114 valence electrons. The number of rotatable bonds is 5. The number of anilines is 1. The predicted molar refractivity (Wildman–Crippen MR) is 82.0 cm³/mol. The SMILES string of the molecule is CC(=O)c1cccc(OCC(=O)Nc2ccc(F)cc2Cl)c1. The van der Waals surface area contributed by atoms with E-state index >= 15 is 0 Å². The van der Waals surface area contributed by atoms with Crippen LogP contribution in [0.15, 0.2) is 42.5 Å². The largest absolute Gasteiger partial charge is 0.484 e. The summed E-state index contributed by atoms with van der Waals surface area (Å²) in [5.74, 6) is -0.608. The predicted octanol–water partition coefficient (Wildman–Crippen LogP) is 3.70. The summed E-state index contributed by atoms with van der Waals surface area (Å²) in [5.41, 5.74) is 0.800. The summed E-state index contributed by atoms with van der Waals surface area (Å²) >= 11 is 5.81. The first-order valence-corrected chi connectivity index (χ1v) is 6.82. The van der Waals surface area contributed by atoms with E-state index in [1.807, 2.05) is 0 Å². The van der Waals surface area contributed by atoms with Gasteiger partial charge in [-0.05, 0) is 37.3 Å². The summed E-state index contributed by atoms with van der Waals surface area (Å²) < 4.78 is 18.2. The van der Waals surface area contributed by atoms with Crippen LogP contribution in [0.5, 0.6) is 5.75 Å². The number of ketones is 1. The van der Waals surface area contributed by atoms with Crippen molar-refractivity contribution in [3.8, 4) is 5.75 Å². The second-order valence-electron chi connectivity index (χ2n) is 4.55. The molecule has 22 heavy (non-hydrogen) atoms. The van der Waals surface area contributed by atoms with Gasteiger partial charge in [-0.3, -0.25) is 9.59 Å². The van der Waals surface area contributed by atoms with Gasteiger partial charge in [-0.15, -0.1) is 0 Å². The van der Waals surface area contributed by atoms with Crippen LogP contribution in [-0.2, 0) is 4.79 Å². The smallest absolute Gasteiger partial charge is 0.262 e. The second-order valence-corrected chi connectivity index (χ2v) is 4.95. The van der Waals surface area contributed by atoms with Crippen LogP contribution in [0.25, 0.3) is 0 Å². The molecular formula is C16H13ClFNO3. The highest BCUT2D eigenvalue weighted by Gasteiger charge is 2.08. The molecule has 6 heteroatoms. The lowest BCUT2D eigenvalue weighted by Crippen LogP contribution is -2.20. The van der Waals surface area contributed by atoms with Gasteiger partial charge in [-0.2, -0.15) is 0 Å². The number of halogens is 2. The number of carbonyl (C=O) groups excluding carboxylic acids is 2. The third-order valence-corrected chi connectivity index (χ3v) is 3.13. The molecule has 0 heterocycles. The molecule has 2 aromatic carbocycles. The summed E-state index contributed by atoms with van der Waals surface area (Å²) in [6.07, 6.45) is 0. The van der Waals surface area contributed by atoms with Gasteiger partial charge in [-0.1, -0.05) is 23.7 Å². The van der Waals surface area contributed by atoms with Crippen molar-refractivity contribution in [2.24, 2.45) is 0 Å². The normalized spacial score (nSPS) is 10.1. The highest BCUT2D eigenvalue weighted by atomic mass is 35.5. The maximum atomic E-state index is 12.9. The molecule has 0 saturated heterocycles. The lowest BCUT2D eigenvalue weighted by Gasteiger charge is -2.09. The van der Waals surface area contributed by atoms with Gasteiger partial charge in [0.15, 0.2) is 12.4 Å². The summed E-state index contributed by atoms with van der Waals surface area (Å²) in [5, 5.41) is 2.62. The third kappa shape index (κ3) is 4.30. The Balaban J connectivity index is 1.95. The van der Waals surface area contributed by atoms with E-state index in [0.29, 0.717) is 17.0 Å². The van der Waals surface area contributed by atoms with Crippen molar-refractivity contribution < 1.29 is 18.7 Å². The van der Waals surface area contributed by atoms with Gasteiger partial charge in [0.1, 0.15) is 11.6 Å². The number of amides is 1. The van der Waals surface area contributed by atoms with Gasteiger partial charge >= 0.3 is 0 Å². The highest BCUT2D eigenvalue weighted by Crippen LogP contribution is 2.22. The first-order valence-electron chi connectivity index (χ1n) is 6.44. The zero-order valence-electron chi connectivity index (χ0n) is 11.7. The molecule has 2 aromatic rings. The molecule has 0 atom stereocenters. The van der Waals surface area contributed by atoms with Gasteiger partial charge in [-0.25, -0.2) is 4.39 Å². The zero-order valence-corrected chi connectivity index (χ0v) is 12.5. The molecule has 0 spiro atoms. The fourth-order valence-corrected chi connectivity index (χ4v) is 1.95. The van der Waals surface area contributed by atoms with Gasteiger partial charge in [0.25, 0.3) is 5.91 Å². The molecule has 0 aliphatic heterocycles. The summed E-state index contributed by atoms with van der Waals surface area (Å²) in [4.78, 5) is 23.0. The molecule has 0 saturated carbocycles. The zero-order chi connectivity index (χ0) is 16.1. The molecular weight excluding hydrogens is 309 g/mol. The average molecular weight is 322 g/mol. The van der Waals surface area contributed by atoms with E-state index in [9.17, 15) is 14.0 Å². The number of Topliss-reactive ketones (excluding diaryl/α,β-unsaturated/α-hetero) is 1. The fraction of sp³-hybridized carbons (Fsp3) is 0.125. The molecule has 0 aromatic heterocycles. The van der Waals surface area contributed by atoms with Crippen LogP contribution in [-0.4, -0.2) is 18.3 Å². The van der Waals surface area contributed by atoms with E-state index in [2.05, 4.69) is 5.32 Å². The van der Waals surface area contributed by atoms with Crippen LogP contribution < -0.4 is 10.1 Å². The van der Waals surface area contributed by atoms with Crippen LogP contribution in [0, 0.1) is 5.82 Å². The van der Waals surface area contributed by atoms with Gasteiger partial charge in [0.2, 0.25) is 0 Å². The van der Waals surface area contributed by atoms with E-state index in [1.54, 1.807) is 24.3 Å². The topological polar surface area (TPSA) is 55.4 Å². The number of benzene rings is 2. The molecule has 0 aliphatic carbocycles.